The van der Waals surface area contributed by atoms with Crippen molar-refractivity contribution in [2.45, 2.75) is 39.0 Å². The molecule has 0 N–H and O–H groups in total. The molecule has 2 aliphatic rings. The Morgan fingerprint density at radius 3 is 2.38 bits per heavy atom. The van der Waals surface area contributed by atoms with Gasteiger partial charge in [0.15, 0.2) is 5.82 Å². The molecule has 3 aromatic rings. The number of carbonyl (C=O) groups is 1. The summed E-state index contributed by atoms with van der Waals surface area (Å²) in [4.78, 5) is 27.5. The molecule has 7 nitrogen and oxygen atoms in total. The number of hydrogen-bond acceptors (Lipinski definition) is 6. The fraction of sp³-hybridized carbons (Fsp3) is 0.370. The molecule has 0 aliphatic carbocycles. The predicted molar refractivity (Wildman–Crippen MR) is 131 cm³/mol. The minimum absolute atomic E-state index is 0.00935. The van der Waals surface area contributed by atoms with Crippen LogP contribution in [0.5, 0.6) is 5.75 Å². The molecule has 0 spiro atoms. The second kappa shape index (κ2) is 9.43. The van der Waals surface area contributed by atoms with Crippen molar-refractivity contribution in [3.8, 4) is 17.1 Å². The van der Waals surface area contributed by atoms with Gasteiger partial charge in [-0.25, -0.2) is 9.97 Å². The smallest absolute Gasteiger partial charge is 0.254 e. The van der Waals surface area contributed by atoms with E-state index in [1.54, 1.807) is 7.11 Å². The zero-order chi connectivity index (χ0) is 23.7. The van der Waals surface area contributed by atoms with E-state index in [1.165, 1.54) is 0 Å². The zero-order valence-electron chi connectivity index (χ0n) is 19.9. The average Bonchev–Trinajstić information content (AvgIpc) is 2.87. The lowest BCUT2D eigenvalue weighted by atomic mass is 10.0. The van der Waals surface area contributed by atoms with E-state index >= 15 is 0 Å². The first-order valence-electron chi connectivity index (χ1n) is 11.8. The van der Waals surface area contributed by atoms with Gasteiger partial charge in [-0.05, 0) is 38.1 Å². The molecule has 7 heteroatoms. The quantitative estimate of drug-likeness (QED) is 0.590. The normalized spacial score (nSPS) is 20.1. The Balaban J connectivity index is 1.51. The number of hydrogen-bond donors (Lipinski definition) is 0. The summed E-state index contributed by atoms with van der Waals surface area (Å²) in [6.45, 7) is 6.81. The van der Waals surface area contributed by atoms with Gasteiger partial charge in [-0.15, -0.1) is 0 Å². The molecule has 1 aromatic heterocycles. The number of rotatable bonds is 4. The van der Waals surface area contributed by atoms with Gasteiger partial charge in [0.25, 0.3) is 5.91 Å². The van der Waals surface area contributed by atoms with Crippen molar-refractivity contribution in [3.63, 3.8) is 0 Å². The molecule has 176 valence electrons. The number of amides is 1. The van der Waals surface area contributed by atoms with Gasteiger partial charge in [-0.3, -0.25) is 4.79 Å². The Hall–Kier alpha value is -3.45. The van der Waals surface area contributed by atoms with E-state index in [1.807, 2.05) is 59.5 Å². The van der Waals surface area contributed by atoms with E-state index in [0.29, 0.717) is 25.1 Å². The Bertz CT molecular complexity index is 1160. The van der Waals surface area contributed by atoms with Crippen molar-refractivity contribution in [1.29, 1.82) is 0 Å². The Kier molecular flexibility index (Phi) is 6.20. The first kappa shape index (κ1) is 22.3. The van der Waals surface area contributed by atoms with Gasteiger partial charge in [0.05, 0.1) is 31.6 Å². The zero-order valence-corrected chi connectivity index (χ0v) is 19.9. The van der Waals surface area contributed by atoms with Gasteiger partial charge in [0, 0.05) is 42.7 Å². The van der Waals surface area contributed by atoms with Crippen LogP contribution >= 0.6 is 0 Å². The highest BCUT2D eigenvalue weighted by Gasteiger charge is 2.31. The highest BCUT2D eigenvalue weighted by atomic mass is 16.5. The minimum atomic E-state index is 0.00935. The molecule has 2 atom stereocenters. The molecular formula is C27H30N4O3. The van der Waals surface area contributed by atoms with Gasteiger partial charge in [-0.1, -0.05) is 30.3 Å². The lowest BCUT2D eigenvalue weighted by molar-refractivity contribution is -0.00558. The summed E-state index contributed by atoms with van der Waals surface area (Å²) in [6, 6.07) is 17.4. The van der Waals surface area contributed by atoms with Crippen LogP contribution in [-0.4, -0.2) is 59.7 Å². The monoisotopic (exact) mass is 458 g/mol. The molecule has 0 radical (unpaired) electrons. The Labute approximate surface area is 200 Å². The van der Waals surface area contributed by atoms with Crippen LogP contribution in [0.2, 0.25) is 0 Å². The summed E-state index contributed by atoms with van der Waals surface area (Å²) in [5, 5.41) is 0. The van der Waals surface area contributed by atoms with Gasteiger partial charge in [0.1, 0.15) is 11.6 Å². The van der Waals surface area contributed by atoms with Crippen LogP contribution in [0.4, 0.5) is 5.82 Å². The van der Waals surface area contributed by atoms with Gasteiger partial charge in [-0.2, -0.15) is 0 Å². The number of methoxy groups -OCH3 is 1. The summed E-state index contributed by atoms with van der Waals surface area (Å²) >= 11 is 0. The Morgan fingerprint density at radius 1 is 1.00 bits per heavy atom. The summed E-state index contributed by atoms with van der Waals surface area (Å²) in [6.07, 6.45) is 0.910. The minimum Gasteiger partial charge on any atom is -0.497 e. The van der Waals surface area contributed by atoms with Gasteiger partial charge >= 0.3 is 0 Å². The molecule has 0 bridgehead atoms. The van der Waals surface area contributed by atoms with Gasteiger partial charge in [0.2, 0.25) is 0 Å². The summed E-state index contributed by atoms with van der Waals surface area (Å²) in [5.74, 6) is 2.39. The van der Waals surface area contributed by atoms with Crippen LogP contribution in [0.15, 0.2) is 54.6 Å². The van der Waals surface area contributed by atoms with Crippen molar-refractivity contribution >= 4 is 11.7 Å². The highest BCUT2D eigenvalue weighted by molar-refractivity contribution is 5.94. The molecule has 34 heavy (non-hydrogen) atoms. The first-order valence-corrected chi connectivity index (χ1v) is 11.8. The van der Waals surface area contributed by atoms with Crippen LogP contribution < -0.4 is 9.64 Å². The lowest BCUT2D eigenvalue weighted by Crippen LogP contribution is -2.47. The van der Waals surface area contributed by atoms with Crippen molar-refractivity contribution < 1.29 is 14.3 Å². The largest absolute Gasteiger partial charge is 0.497 e. The molecule has 5 rings (SSSR count). The van der Waals surface area contributed by atoms with E-state index in [4.69, 9.17) is 19.4 Å². The number of benzene rings is 2. The molecule has 3 heterocycles. The molecule has 1 amide bonds. The van der Waals surface area contributed by atoms with Crippen LogP contribution in [-0.2, 0) is 17.7 Å². The van der Waals surface area contributed by atoms with E-state index < -0.39 is 0 Å². The van der Waals surface area contributed by atoms with Crippen LogP contribution in [0.3, 0.4) is 0 Å². The fourth-order valence-electron chi connectivity index (χ4n) is 4.81. The van der Waals surface area contributed by atoms with Crippen LogP contribution in [0, 0.1) is 0 Å². The van der Waals surface area contributed by atoms with Crippen LogP contribution in [0.1, 0.15) is 35.5 Å². The summed E-state index contributed by atoms with van der Waals surface area (Å²) in [5.41, 5.74) is 3.71. The number of nitrogens with zero attached hydrogens (tertiary/aromatic N) is 4. The number of anilines is 1. The molecule has 2 unspecified atom stereocenters. The van der Waals surface area contributed by atoms with Crippen molar-refractivity contribution in [1.82, 2.24) is 14.9 Å². The second-order valence-electron chi connectivity index (χ2n) is 9.03. The van der Waals surface area contributed by atoms with E-state index in [2.05, 4.69) is 18.7 Å². The maximum atomic E-state index is 13.3. The SMILES string of the molecule is COc1ccc(C(=O)N2CCc3nc(-c4ccccc4)nc(N4CC(C)OC(C)C4)c3C2)cc1. The number of morpholine rings is 1. The molecule has 2 aliphatic heterocycles. The van der Waals surface area contributed by atoms with Crippen molar-refractivity contribution in [2.75, 3.05) is 31.6 Å². The molecule has 2 aromatic carbocycles. The lowest BCUT2D eigenvalue weighted by Gasteiger charge is -2.39. The van der Waals surface area contributed by atoms with E-state index in [-0.39, 0.29) is 18.1 Å². The number of aromatic nitrogens is 2. The first-order chi connectivity index (χ1) is 16.5. The van der Waals surface area contributed by atoms with Gasteiger partial charge < -0.3 is 19.3 Å². The van der Waals surface area contributed by atoms with E-state index in [9.17, 15) is 4.79 Å². The fourth-order valence-corrected chi connectivity index (χ4v) is 4.81. The second-order valence-corrected chi connectivity index (χ2v) is 9.03. The third kappa shape index (κ3) is 4.48. The average molecular weight is 459 g/mol. The number of carbonyl (C=O) groups excluding carboxylic acids is 1. The maximum Gasteiger partial charge on any atom is 0.254 e. The molecular weight excluding hydrogens is 428 g/mol. The standard InChI is InChI=1S/C27H30N4O3/c1-18-15-31(16-19(2)34-18)26-23-17-30(27(32)21-9-11-22(33-3)12-10-21)14-13-24(23)28-25(29-26)20-7-5-4-6-8-20/h4-12,18-19H,13-17H2,1-3H3. The van der Waals surface area contributed by atoms with Crippen LogP contribution in [0.25, 0.3) is 11.4 Å². The molecule has 1 saturated heterocycles. The third-order valence-corrected chi connectivity index (χ3v) is 6.41. The summed E-state index contributed by atoms with van der Waals surface area (Å²) < 4.78 is 11.2. The number of fused-ring (bicyclic) bond motifs is 1. The van der Waals surface area contributed by atoms with Crippen molar-refractivity contribution in [3.05, 3.63) is 71.4 Å². The number of ether oxygens (including phenoxy) is 2. The molecule has 0 saturated carbocycles. The van der Waals surface area contributed by atoms with E-state index in [0.717, 1.165) is 47.3 Å². The predicted octanol–water partition coefficient (Wildman–Crippen LogP) is 3.96. The Morgan fingerprint density at radius 2 is 1.71 bits per heavy atom. The van der Waals surface area contributed by atoms with Crippen molar-refractivity contribution in [2.24, 2.45) is 0 Å². The maximum absolute atomic E-state index is 13.3. The third-order valence-electron chi connectivity index (χ3n) is 6.41. The summed E-state index contributed by atoms with van der Waals surface area (Å²) in [7, 11) is 1.62. The highest BCUT2D eigenvalue weighted by Crippen LogP contribution is 2.32. The topological polar surface area (TPSA) is 67.8 Å². The molecule has 1 fully saturated rings.